The monoisotopic (exact) mass is 284 g/mol. The third-order valence-electron chi connectivity index (χ3n) is 3.25. The number of carbonyl (C=O) groups excluding carboxylic acids is 1. The van der Waals surface area contributed by atoms with Gasteiger partial charge in [-0.1, -0.05) is 57.2 Å². The third-order valence-corrected chi connectivity index (χ3v) is 3.25. The zero-order valence-electron chi connectivity index (χ0n) is 12.1. The van der Waals surface area contributed by atoms with Gasteiger partial charge in [0.1, 0.15) is 5.75 Å². The Kier molecular flexibility index (Phi) is 6.67. The molecule has 0 heterocycles. The molecular formula is C19H24O2. The van der Waals surface area contributed by atoms with Gasteiger partial charge in [0.15, 0.2) is 5.78 Å². The second-order valence-corrected chi connectivity index (χ2v) is 4.86. The fourth-order valence-corrected chi connectivity index (χ4v) is 1.98. The first kappa shape index (κ1) is 17.0. The van der Waals surface area contributed by atoms with Gasteiger partial charge in [-0.25, -0.2) is 0 Å². The van der Waals surface area contributed by atoms with E-state index in [-0.39, 0.29) is 13.2 Å². The SMILES string of the molecule is C.CCCCOc1ccc(-c2ccc(C(C)=O)cc2)cc1. The van der Waals surface area contributed by atoms with Gasteiger partial charge in [0.25, 0.3) is 0 Å². The minimum absolute atomic E-state index is 0. The molecule has 0 aliphatic carbocycles. The summed E-state index contributed by atoms with van der Waals surface area (Å²) in [4.78, 5) is 11.2. The van der Waals surface area contributed by atoms with Crippen LogP contribution in [0.2, 0.25) is 0 Å². The van der Waals surface area contributed by atoms with E-state index < -0.39 is 0 Å². The first-order valence-corrected chi connectivity index (χ1v) is 7.05. The number of ketones is 1. The lowest BCUT2D eigenvalue weighted by atomic mass is 10.0. The van der Waals surface area contributed by atoms with Gasteiger partial charge in [-0.2, -0.15) is 0 Å². The van der Waals surface area contributed by atoms with E-state index >= 15 is 0 Å². The number of ether oxygens (including phenoxy) is 1. The lowest BCUT2D eigenvalue weighted by molar-refractivity contribution is 0.101. The molecule has 2 rings (SSSR count). The molecule has 0 N–H and O–H groups in total. The molecule has 2 aromatic rings. The number of hydrogen-bond donors (Lipinski definition) is 0. The normalized spacial score (nSPS) is 9.81. The molecule has 0 spiro atoms. The summed E-state index contributed by atoms with van der Waals surface area (Å²) in [5.41, 5.74) is 2.98. The quantitative estimate of drug-likeness (QED) is 0.526. The predicted octanol–water partition coefficient (Wildman–Crippen LogP) is 5.37. The highest BCUT2D eigenvalue weighted by Crippen LogP contribution is 2.23. The highest BCUT2D eigenvalue weighted by molar-refractivity contribution is 5.94. The van der Waals surface area contributed by atoms with Gasteiger partial charge in [-0.3, -0.25) is 4.79 Å². The average Bonchev–Trinajstić information content (AvgIpc) is 2.48. The maximum atomic E-state index is 11.2. The summed E-state index contributed by atoms with van der Waals surface area (Å²) in [7, 11) is 0. The molecule has 0 aliphatic rings. The summed E-state index contributed by atoms with van der Waals surface area (Å²) in [6.45, 7) is 4.50. The van der Waals surface area contributed by atoms with Crippen molar-refractivity contribution in [2.75, 3.05) is 6.61 Å². The number of carbonyl (C=O) groups is 1. The van der Waals surface area contributed by atoms with Crippen molar-refractivity contribution in [3.05, 3.63) is 54.1 Å². The summed E-state index contributed by atoms with van der Waals surface area (Å²) in [5.74, 6) is 0.999. The second-order valence-electron chi connectivity index (χ2n) is 4.86. The summed E-state index contributed by atoms with van der Waals surface area (Å²) in [6, 6.07) is 15.8. The Morgan fingerprint density at radius 1 is 0.952 bits per heavy atom. The molecule has 0 aromatic heterocycles. The number of unbranched alkanes of at least 4 members (excludes halogenated alkanes) is 1. The molecule has 0 saturated heterocycles. The van der Waals surface area contributed by atoms with Crippen molar-refractivity contribution in [3.63, 3.8) is 0 Å². The lowest BCUT2D eigenvalue weighted by Gasteiger charge is -2.07. The van der Waals surface area contributed by atoms with Crippen molar-refractivity contribution in [3.8, 4) is 16.9 Å². The standard InChI is InChI=1S/C18H20O2.CH4/c1-3-4-13-20-18-11-9-17(10-12-18)16-7-5-15(6-8-16)14(2)19;/h5-12H,3-4,13H2,1-2H3;1H4. The second kappa shape index (κ2) is 8.25. The molecule has 0 unspecified atom stereocenters. The summed E-state index contributed by atoms with van der Waals surface area (Å²) in [5, 5.41) is 0. The maximum absolute atomic E-state index is 11.2. The Morgan fingerprint density at radius 2 is 1.48 bits per heavy atom. The molecule has 0 bridgehead atoms. The van der Waals surface area contributed by atoms with E-state index in [9.17, 15) is 4.79 Å². The molecular weight excluding hydrogens is 260 g/mol. The van der Waals surface area contributed by atoms with Gasteiger partial charge in [0.05, 0.1) is 6.61 Å². The van der Waals surface area contributed by atoms with Crippen molar-refractivity contribution >= 4 is 5.78 Å². The summed E-state index contributed by atoms with van der Waals surface area (Å²) >= 11 is 0. The molecule has 0 amide bonds. The lowest BCUT2D eigenvalue weighted by Crippen LogP contribution is -1.96. The van der Waals surface area contributed by atoms with Gasteiger partial charge >= 0.3 is 0 Å². The number of hydrogen-bond acceptors (Lipinski definition) is 2. The molecule has 2 heteroatoms. The van der Waals surface area contributed by atoms with Gasteiger partial charge in [0.2, 0.25) is 0 Å². The van der Waals surface area contributed by atoms with Crippen molar-refractivity contribution in [2.24, 2.45) is 0 Å². The zero-order valence-corrected chi connectivity index (χ0v) is 12.1. The molecule has 21 heavy (non-hydrogen) atoms. The molecule has 0 atom stereocenters. The van der Waals surface area contributed by atoms with Crippen LogP contribution < -0.4 is 4.74 Å². The molecule has 0 radical (unpaired) electrons. The van der Waals surface area contributed by atoms with E-state index in [0.717, 1.165) is 41.9 Å². The van der Waals surface area contributed by atoms with Crippen LogP contribution in [0.25, 0.3) is 11.1 Å². The topological polar surface area (TPSA) is 26.3 Å². The van der Waals surface area contributed by atoms with Crippen molar-refractivity contribution < 1.29 is 9.53 Å². The van der Waals surface area contributed by atoms with E-state index in [2.05, 4.69) is 6.92 Å². The van der Waals surface area contributed by atoms with E-state index in [1.54, 1.807) is 6.92 Å². The van der Waals surface area contributed by atoms with Gasteiger partial charge < -0.3 is 4.74 Å². The maximum Gasteiger partial charge on any atom is 0.159 e. The Morgan fingerprint density at radius 3 is 1.95 bits per heavy atom. The number of Topliss-reactive ketones (excluding diaryl/α,β-unsaturated/α-hetero) is 1. The molecule has 2 aromatic carbocycles. The van der Waals surface area contributed by atoms with Gasteiger partial charge in [-0.05, 0) is 36.6 Å². The fraction of sp³-hybridized carbons (Fsp3) is 0.316. The first-order chi connectivity index (χ1) is 9.70. The Labute approximate surface area is 127 Å². The fourth-order valence-electron chi connectivity index (χ4n) is 1.98. The van der Waals surface area contributed by atoms with Crippen LogP contribution in [0, 0.1) is 0 Å². The van der Waals surface area contributed by atoms with Gasteiger partial charge in [-0.15, -0.1) is 0 Å². The first-order valence-electron chi connectivity index (χ1n) is 7.05. The van der Waals surface area contributed by atoms with Crippen LogP contribution in [-0.2, 0) is 0 Å². The van der Waals surface area contributed by atoms with Crippen LogP contribution >= 0.6 is 0 Å². The predicted molar refractivity (Wildman–Crippen MR) is 89.0 cm³/mol. The summed E-state index contributed by atoms with van der Waals surface area (Å²) in [6.07, 6.45) is 2.22. The zero-order chi connectivity index (χ0) is 14.4. The number of benzene rings is 2. The Hall–Kier alpha value is -2.09. The highest BCUT2D eigenvalue weighted by Gasteiger charge is 2.01. The van der Waals surface area contributed by atoms with Gasteiger partial charge in [0, 0.05) is 5.56 Å². The minimum atomic E-state index is 0. The Balaban J connectivity index is 0.00000220. The van der Waals surface area contributed by atoms with E-state index in [1.807, 2.05) is 48.5 Å². The average molecular weight is 284 g/mol. The van der Waals surface area contributed by atoms with Crippen LogP contribution in [0.1, 0.15) is 44.5 Å². The molecule has 0 aliphatic heterocycles. The van der Waals surface area contributed by atoms with Crippen LogP contribution in [0.4, 0.5) is 0 Å². The Bertz CT molecular complexity index is 553. The minimum Gasteiger partial charge on any atom is -0.494 e. The smallest absolute Gasteiger partial charge is 0.159 e. The van der Waals surface area contributed by atoms with Crippen LogP contribution in [-0.4, -0.2) is 12.4 Å². The van der Waals surface area contributed by atoms with E-state index in [0.29, 0.717) is 0 Å². The number of rotatable bonds is 6. The van der Waals surface area contributed by atoms with Crippen molar-refractivity contribution in [2.45, 2.75) is 34.1 Å². The summed E-state index contributed by atoms with van der Waals surface area (Å²) < 4.78 is 5.64. The molecule has 0 saturated carbocycles. The van der Waals surface area contributed by atoms with Crippen molar-refractivity contribution in [1.29, 1.82) is 0 Å². The van der Waals surface area contributed by atoms with E-state index in [1.165, 1.54) is 0 Å². The third kappa shape index (κ3) is 4.75. The molecule has 0 fully saturated rings. The van der Waals surface area contributed by atoms with Crippen molar-refractivity contribution in [1.82, 2.24) is 0 Å². The van der Waals surface area contributed by atoms with Crippen LogP contribution in [0.15, 0.2) is 48.5 Å². The van der Waals surface area contributed by atoms with E-state index in [4.69, 9.17) is 4.74 Å². The highest BCUT2D eigenvalue weighted by atomic mass is 16.5. The molecule has 2 nitrogen and oxygen atoms in total. The van der Waals surface area contributed by atoms with Crippen LogP contribution in [0.3, 0.4) is 0 Å². The van der Waals surface area contributed by atoms with Crippen LogP contribution in [0.5, 0.6) is 5.75 Å². The molecule has 112 valence electrons. The largest absolute Gasteiger partial charge is 0.494 e.